The Bertz CT molecular complexity index is 1020. The Morgan fingerprint density at radius 2 is 1.69 bits per heavy atom. The van der Waals surface area contributed by atoms with Crippen molar-refractivity contribution in [1.29, 1.82) is 0 Å². The molecule has 1 aliphatic carbocycles. The predicted octanol–water partition coefficient (Wildman–Crippen LogP) is 2.89. The summed E-state index contributed by atoms with van der Waals surface area (Å²) in [5.74, 6) is -1.55. The van der Waals surface area contributed by atoms with Gasteiger partial charge in [0.05, 0.1) is 4.90 Å². The first kappa shape index (κ1) is 20.9. The number of hydrogen-bond donors (Lipinski definition) is 0. The molecule has 2 aromatic rings. The van der Waals surface area contributed by atoms with Crippen molar-refractivity contribution in [3.8, 4) is 11.6 Å². The van der Waals surface area contributed by atoms with E-state index in [1.54, 1.807) is 31.2 Å². The van der Waals surface area contributed by atoms with E-state index in [2.05, 4.69) is 4.98 Å². The molecule has 1 saturated carbocycles. The minimum absolute atomic E-state index is 0.103. The summed E-state index contributed by atoms with van der Waals surface area (Å²) >= 11 is 0. The fraction of sp³-hybridized carbons (Fsp3) is 0.333. The zero-order chi connectivity index (χ0) is 21.2. The van der Waals surface area contributed by atoms with Gasteiger partial charge >= 0.3 is 0 Å². The van der Waals surface area contributed by atoms with E-state index in [-0.39, 0.29) is 53.3 Å². The lowest BCUT2D eigenvalue weighted by molar-refractivity contribution is -0.142. The largest absolute Gasteiger partial charge is 0.439 e. The molecule has 0 atom stereocenters. The Hall–Kier alpha value is -2.87. The van der Waals surface area contributed by atoms with E-state index in [9.17, 15) is 22.8 Å². The highest BCUT2D eigenvalue weighted by Crippen LogP contribution is 2.33. The first-order valence-corrected chi connectivity index (χ1v) is 11.1. The van der Waals surface area contributed by atoms with Crippen LogP contribution in [0.3, 0.4) is 0 Å². The number of carbonyl (C=O) groups is 3. The molecule has 0 aliphatic heterocycles. The van der Waals surface area contributed by atoms with Crippen molar-refractivity contribution in [2.24, 2.45) is 5.92 Å². The van der Waals surface area contributed by atoms with Gasteiger partial charge in [-0.1, -0.05) is 19.1 Å². The maximum Gasteiger partial charge on any atom is 0.219 e. The van der Waals surface area contributed by atoms with Gasteiger partial charge in [0.25, 0.3) is 0 Å². The van der Waals surface area contributed by atoms with Crippen molar-refractivity contribution in [3.63, 3.8) is 0 Å². The van der Waals surface area contributed by atoms with Crippen molar-refractivity contribution in [2.45, 2.75) is 37.0 Å². The van der Waals surface area contributed by atoms with Crippen LogP contribution in [0, 0.1) is 5.92 Å². The SMILES string of the molecule is CCC(=O)C1C(=O)CC(c2ccc(Oc3ccc(S(C)(=O)=O)cn3)cc2)CC1=O. The van der Waals surface area contributed by atoms with Crippen LogP contribution in [0.4, 0.5) is 0 Å². The Morgan fingerprint density at radius 1 is 1.07 bits per heavy atom. The number of rotatable bonds is 6. The summed E-state index contributed by atoms with van der Waals surface area (Å²) in [4.78, 5) is 40.5. The molecule has 1 heterocycles. The van der Waals surface area contributed by atoms with E-state index < -0.39 is 15.8 Å². The van der Waals surface area contributed by atoms with E-state index in [4.69, 9.17) is 4.74 Å². The van der Waals surface area contributed by atoms with Gasteiger partial charge in [0.1, 0.15) is 11.7 Å². The summed E-state index contributed by atoms with van der Waals surface area (Å²) < 4.78 is 28.5. The second-order valence-corrected chi connectivity index (χ2v) is 9.08. The monoisotopic (exact) mass is 415 g/mol. The molecule has 0 N–H and O–H groups in total. The molecule has 3 rings (SSSR count). The summed E-state index contributed by atoms with van der Waals surface area (Å²) in [7, 11) is -3.32. The second-order valence-electron chi connectivity index (χ2n) is 7.07. The Morgan fingerprint density at radius 3 is 2.17 bits per heavy atom. The van der Waals surface area contributed by atoms with Gasteiger partial charge in [-0.2, -0.15) is 0 Å². The average Bonchev–Trinajstić information content (AvgIpc) is 2.67. The summed E-state index contributed by atoms with van der Waals surface area (Å²) in [6.07, 6.45) is 2.84. The third kappa shape index (κ3) is 4.76. The first-order valence-electron chi connectivity index (χ1n) is 9.21. The van der Waals surface area contributed by atoms with Gasteiger partial charge in [0.15, 0.2) is 27.2 Å². The quantitative estimate of drug-likeness (QED) is 0.668. The van der Waals surface area contributed by atoms with Crippen molar-refractivity contribution in [3.05, 3.63) is 48.2 Å². The molecule has 1 aliphatic rings. The summed E-state index contributed by atoms with van der Waals surface area (Å²) in [6.45, 7) is 1.65. The molecule has 1 aromatic carbocycles. The lowest BCUT2D eigenvalue weighted by atomic mass is 9.75. The topological polar surface area (TPSA) is 107 Å². The molecule has 0 saturated heterocycles. The third-order valence-corrected chi connectivity index (χ3v) is 6.02. The number of ether oxygens (including phenoxy) is 1. The van der Waals surface area contributed by atoms with Crippen LogP contribution < -0.4 is 4.74 Å². The molecule has 1 aromatic heterocycles. The molecule has 0 bridgehead atoms. The van der Waals surface area contributed by atoms with Gasteiger partial charge in [0.2, 0.25) is 5.88 Å². The number of ketones is 3. The summed E-state index contributed by atoms with van der Waals surface area (Å²) in [5, 5.41) is 0. The number of carbonyl (C=O) groups excluding carboxylic acids is 3. The van der Waals surface area contributed by atoms with E-state index in [0.29, 0.717) is 5.75 Å². The molecule has 0 radical (unpaired) electrons. The highest BCUT2D eigenvalue weighted by molar-refractivity contribution is 7.90. The number of pyridine rings is 1. The molecular formula is C21H21NO6S. The molecular weight excluding hydrogens is 394 g/mol. The van der Waals surface area contributed by atoms with Gasteiger partial charge < -0.3 is 4.74 Å². The lowest BCUT2D eigenvalue weighted by Gasteiger charge is -2.25. The number of aromatic nitrogens is 1. The Kier molecular flexibility index (Phi) is 5.93. The van der Waals surface area contributed by atoms with Crippen LogP contribution in [-0.4, -0.2) is 37.0 Å². The maximum atomic E-state index is 12.3. The Labute approximate surface area is 169 Å². The summed E-state index contributed by atoms with van der Waals surface area (Å²) in [5.41, 5.74) is 0.821. The molecule has 0 spiro atoms. The first-order chi connectivity index (χ1) is 13.7. The predicted molar refractivity (Wildman–Crippen MR) is 105 cm³/mol. The normalized spacial score (nSPS) is 19.8. The van der Waals surface area contributed by atoms with Crippen LogP contribution in [0.25, 0.3) is 0 Å². The highest BCUT2D eigenvalue weighted by atomic mass is 32.2. The van der Waals surface area contributed by atoms with E-state index in [0.717, 1.165) is 11.8 Å². The summed E-state index contributed by atoms with van der Waals surface area (Å²) in [6, 6.07) is 9.81. The van der Waals surface area contributed by atoms with Gasteiger partial charge in [-0.15, -0.1) is 0 Å². The molecule has 29 heavy (non-hydrogen) atoms. The molecule has 8 heteroatoms. The molecule has 7 nitrogen and oxygen atoms in total. The molecule has 0 amide bonds. The van der Waals surface area contributed by atoms with Gasteiger partial charge in [0, 0.05) is 37.8 Å². The van der Waals surface area contributed by atoms with Crippen LogP contribution >= 0.6 is 0 Å². The highest BCUT2D eigenvalue weighted by Gasteiger charge is 2.39. The van der Waals surface area contributed by atoms with Crippen molar-refractivity contribution < 1.29 is 27.5 Å². The maximum absolute atomic E-state index is 12.3. The number of sulfone groups is 1. The van der Waals surface area contributed by atoms with Crippen LogP contribution in [-0.2, 0) is 24.2 Å². The Balaban J connectivity index is 1.68. The minimum atomic E-state index is -3.32. The zero-order valence-corrected chi connectivity index (χ0v) is 16.9. The van der Waals surface area contributed by atoms with Gasteiger partial charge in [-0.3, -0.25) is 14.4 Å². The number of nitrogens with zero attached hydrogens (tertiary/aromatic N) is 1. The van der Waals surface area contributed by atoms with Crippen molar-refractivity contribution in [2.75, 3.05) is 6.26 Å². The zero-order valence-electron chi connectivity index (χ0n) is 16.1. The van der Waals surface area contributed by atoms with E-state index >= 15 is 0 Å². The second kappa shape index (κ2) is 8.24. The van der Waals surface area contributed by atoms with Crippen LogP contribution in [0.1, 0.15) is 37.7 Å². The van der Waals surface area contributed by atoms with E-state index in [1.807, 2.05) is 0 Å². The van der Waals surface area contributed by atoms with Crippen molar-refractivity contribution in [1.82, 2.24) is 4.98 Å². The third-order valence-electron chi connectivity index (χ3n) is 4.92. The number of hydrogen-bond acceptors (Lipinski definition) is 7. The number of Topliss-reactive ketones (excluding diaryl/α,β-unsaturated/α-hetero) is 3. The van der Waals surface area contributed by atoms with Crippen LogP contribution in [0.2, 0.25) is 0 Å². The van der Waals surface area contributed by atoms with E-state index in [1.165, 1.54) is 18.3 Å². The average molecular weight is 415 g/mol. The van der Waals surface area contributed by atoms with Crippen LogP contribution in [0.15, 0.2) is 47.5 Å². The standard InChI is InChI=1S/C21H21NO6S/c1-3-17(23)21-18(24)10-14(11-19(21)25)13-4-6-15(7-5-13)28-20-9-8-16(12-22-20)29(2,26)27/h4-9,12,14,21H,3,10-11H2,1-2H3. The fourth-order valence-corrected chi connectivity index (χ4v) is 3.91. The number of benzene rings is 1. The lowest BCUT2D eigenvalue weighted by Crippen LogP contribution is -2.37. The van der Waals surface area contributed by atoms with Crippen molar-refractivity contribution >= 4 is 27.2 Å². The molecule has 152 valence electrons. The molecule has 1 fully saturated rings. The smallest absolute Gasteiger partial charge is 0.219 e. The van der Waals surface area contributed by atoms with Crippen LogP contribution in [0.5, 0.6) is 11.6 Å². The fourth-order valence-electron chi connectivity index (χ4n) is 3.35. The van der Waals surface area contributed by atoms with Gasteiger partial charge in [-0.05, 0) is 29.7 Å². The molecule has 0 unspecified atom stereocenters. The van der Waals surface area contributed by atoms with Gasteiger partial charge in [-0.25, -0.2) is 13.4 Å². The minimum Gasteiger partial charge on any atom is -0.439 e.